The van der Waals surface area contributed by atoms with Crippen LogP contribution in [0.3, 0.4) is 0 Å². The highest BCUT2D eigenvalue weighted by molar-refractivity contribution is 5.87. The Bertz CT molecular complexity index is 1260. The van der Waals surface area contributed by atoms with Crippen LogP contribution < -0.4 is 10.6 Å². The van der Waals surface area contributed by atoms with Crippen LogP contribution in [-0.4, -0.2) is 51.7 Å². The maximum Gasteiger partial charge on any atom is 0.408 e. The van der Waals surface area contributed by atoms with Crippen LogP contribution in [0.15, 0.2) is 60.8 Å². The van der Waals surface area contributed by atoms with Crippen LogP contribution in [0.5, 0.6) is 0 Å². The maximum atomic E-state index is 12.8. The van der Waals surface area contributed by atoms with E-state index in [9.17, 15) is 24.3 Å². The van der Waals surface area contributed by atoms with Crippen LogP contribution in [0, 0.1) is 0 Å². The molecule has 2 atom stereocenters. The number of aromatic nitrogens is 1. The van der Waals surface area contributed by atoms with E-state index >= 15 is 0 Å². The van der Waals surface area contributed by atoms with E-state index in [2.05, 4.69) is 15.6 Å². The fraction of sp³-hybridized carbons (Fsp3) is 0.357. The average molecular weight is 524 g/mol. The number of alkyl carbamates (subject to hydrolysis) is 1. The van der Waals surface area contributed by atoms with Crippen LogP contribution in [0.4, 0.5) is 4.79 Å². The minimum atomic E-state index is -1.19. The Morgan fingerprint density at radius 2 is 1.63 bits per heavy atom. The molecule has 202 valence electrons. The molecule has 0 spiro atoms. The average Bonchev–Trinajstić information content (AvgIpc) is 3.27. The van der Waals surface area contributed by atoms with Crippen molar-refractivity contribution in [3.8, 4) is 0 Å². The molecule has 0 saturated heterocycles. The lowest BCUT2D eigenvalue weighted by Crippen LogP contribution is -2.46. The normalized spacial score (nSPS) is 12.8. The first-order valence-corrected chi connectivity index (χ1v) is 12.3. The summed E-state index contributed by atoms with van der Waals surface area (Å²) in [6, 6.07) is 14.1. The first-order chi connectivity index (χ1) is 18.0. The van der Waals surface area contributed by atoms with Gasteiger partial charge in [-0.25, -0.2) is 14.4 Å². The van der Waals surface area contributed by atoms with Crippen molar-refractivity contribution in [1.82, 2.24) is 15.6 Å². The maximum absolute atomic E-state index is 12.8. The fourth-order valence-corrected chi connectivity index (χ4v) is 3.79. The van der Waals surface area contributed by atoms with Crippen molar-refractivity contribution < 1.29 is 33.8 Å². The van der Waals surface area contributed by atoms with Gasteiger partial charge in [0.15, 0.2) is 0 Å². The van der Waals surface area contributed by atoms with Crippen molar-refractivity contribution >= 4 is 34.8 Å². The van der Waals surface area contributed by atoms with Gasteiger partial charge in [-0.2, -0.15) is 0 Å². The van der Waals surface area contributed by atoms with E-state index in [4.69, 9.17) is 9.47 Å². The third kappa shape index (κ3) is 8.65. The SMILES string of the molecule is CC(C)(C)OC(=O)N[C@H](CCC(=O)N[C@H](Cc1c[nH]c2ccccc12)C(=O)O)C(=O)OCc1ccccc1. The van der Waals surface area contributed by atoms with Gasteiger partial charge in [0, 0.05) is 29.9 Å². The first-order valence-electron chi connectivity index (χ1n) is 12.3. The van der Waals surface area contributed by atoms with Gasteiger partial charge in [0.05, 0.1) is 0 Å². The summed E-state index contributed by atoms with van der Waals surface area (Å²) in [7, 11) is 0. The molecule has 38 heavy (non-hydrogen) atoms. The smallest absolute Gasteiger partial charge is 0.408 e. The second kappa shape index (κ2) is 12.8. The van der Waals surface area contributed by atoms with Crippen molar-refractivity contribution in [2.45, 2.75) is 64.3 Å². The number of ether oxygens (including phenoxy) is 2. The standard InChI is InChI=1S/C28H33N3O7/c1-28(2,3)38-27(36)31-22(26(35)37-17-18-9-5-4-6-10-18)13-14-24(32)30-23(25(33)34)15-19-16-29-21-12-8-7-11-20(19)21/h4-12,16,22-23,29H,13-15,17H2,1-3H3,(H,30,32)(H,31,36)(H,33,34)/t22-,23-/m1/s1. The molecule has 2 amide bonds. The molecule has 1 heterocycles. The summed E-state index contributed by atoms with van der Waals surface area (Å²) in [4.78, 5) is 52.7. The Morgan fingerprint density at radius 3 is 2.32 bits per heavy atom. The largest absolute Gasteiger partial charge is 0.480 e. The molecule has 0 bridgehead atoms. The zero-order valence-electron chi connectivity index (χ0n) is 21.7. The van der Waals surface area contributed by atoms with E-state index in [-0.39, 0.29) is 25.9 Å². The van der Waals surface area contributed by atoms with Gasteiger partial charge >= 0.3 is 18.0 Å². The highest BCUT2D eigenvalue weighted by Crippen LogP contribution is 2.19. The highest BCUT2D eigenvalue weighted by atomic mass is 16.6. The number of rotatable bonds is 11. The van der Waals surface area contributed by atoms with E-state index in [1.54, 1.807) is 51.2 Å². The molecule has 0 unspecified atom stereocenters. The molecule has 0 saturated carbocycles. The van der Waals surface area contributed by atoms with Crippen LogP contribution in [0.25, 0.3) is 10.9 Å². The number of H-pyrrole nitrogens is 1. The molecule has 10 nitrogen and oxygen atoms in total. The quantitative estimate of drug-likeness (QED) is 0.280. The Kier molecular flexibility index (Phi) is 9.48. The van der Waals surface area contributed by atoms with E-state index < -0.39 is 41.6 Å². The summed E-state index contributed by atoms with van der Waals surface area (Å²) >= 11 is 0. The molecule has 1 aromatic heterocycles. The van der Waals surface area contributed by atoms with Gasteiger partial charge in [0.25, 0.3) is 0 Å². The molecule has 3 rings (SSSR count). The Labute approximate surface area is 220 Å². The minimum absolute atomic E-state index is 0.00984. The molecule has 0 radical (unpaired) electrons. The molecule has 3 aromatic rings. The number of carbonyl (C=O) groups excluding carboxylic acids is 3. The van der Waals surface area contributed by atoms with Gasteiger partial charge < -0.3 is 30.2 Å². The van der Waals surface area contributed by atoms with Crippen LogP contribution in [0.1, 0.15) is 44.7 Å². The van der Waals surface area contributed by atoms with E-state index in [1.165, 1.54) is 0 Å². The number of aromatic amines is 1. The minimum Gasteiger partial charge on any atom is -0.480 e. The summed E-state index contributed by atoms with van der Waals surface area (Å²) < 4.78 is 10.6. The van der Waals surface area contributed by atoms with Gasteiger partial charge in [-0.15, -0.1) is 0 Å². The van der Waals surface area contributed by atoms with Gasteiger partial charge in [0.1, 0.15) is 24.3 Å². The number of esters is 1. The molecular formula is C28H33N3O7. The first kappa shape index (κ1) is 28.2. The zero-order chi connectivity index (χ0) is 27.7. The number of nitrogens with one attached hydrogen (secondary N) is 3. The predicted octanol–water partition coefficient (Wildman–Crippen LogP) is 3.70. The topological polar surface area (TPSA) is 147 Å². The molecular weight excluding hydrogens is 490 g/mol. The van der Waals surface area contributed by atoms with E-state index in [1.807, 2.05) is 30.3 Å². The van der Waals surface area contributed by atoms with Crippen molar-refractivity contribution in [1.29, 1.82) is 0 Å². The number of carboxylic acid groups (broad SMARTS) is 1. The lowest BCUT2D eigenvalue weighted by Gasteiger charge is -2.23. The predicted molar refractivity (Wildman–Crippen MR) is 140 cm³/mol. The number of para-hydroxylation sites is 1. The number of benzene rings is 2. The Hall–Kier alpha value is -4.34. The number of carboxylic acids is 1. The lowest BCUT2D eigenvalue weighted by atomic mass is 10.0. The Balaban J connectivity index is 1.62. The van der Waals surface area contributed by atoms with Crippen LogP contribution in [0.2, 0.25) is 0 Å². The molecule has 10 heteroatoms. The number of hydrogen-bond acceptors (Lipinski definition) is 6. The number of aliphatic carboxylic acids is 1. The number of carbonyl (C=O) groups is 4. The summed E-state index contributed by atoms with van der Waals surface area (Å²) in [5, 5.41) is 15.5. The number of hydrogen-bond donors (Lipinski definition) is 4. The van der Waals surface area contributed by atoms with Gasteiger partial charge in [-0.3, -0.25) is 4.79 Å². The molecule has 0 fully saturated rings. The van der Waals surface area contributed by atoms with Crippen molar-refractivity contribution in [2.75, 3.05) is 0 Å². The van der Waals surface area contributed by atoms with Gasteiger partial charge in [-0.1, -0.05) is 48.5 Å². The van der Waals surface area contributed by atoms with Gasteiger partial charge in [0.2, 0.25) is 5.91 Å². The van der Waals surface area contributed by atoms with Crippen molar-refractivity contribution in [3.05, 3.63) is 71.9 Å². The van der Waals surface area contributed by atoms with Crippen molar-refractivity contribution in [3.63, 3.8) is 0 Å². The second-order valence-electron chi connectivity index (χ2n) is 9.85. The Morgan fingerprint density at radius 1 is 0.947 bits per heavy atom. The summed E-state index contributed by atoms with van der Waals surface area (Å²) in [5.74, 6) is -2.50. The zero-order valence-corrected chi connectivity index (χ0v) is 21.7. The van der Waals surface area contributed by atoms with E-state index in [0.29, 0.717) is 0 Å². The van der Waals surface area contributed by atoms with Gasteiger partial charge in [-0.05, 0) is 44.4 Å². The molecule has 2 aromatic carbocycles. The monoisotopic (exact) mass is 523 g/mol. The summed E-state index contributed by atoms with van der Waals surface area (Å²) in [6.07, 6.45) is 0.624. The van der Waals surface area contributed by atoms with Crippen molar-refractivity contribution in [2.24, 2.45) is 0 Å². The number of amides is 2. The third-order valence-corrected chi connectivity index (χ3v) is 5.59. The molecule has 4 N–H and O–H groups in total. The van der Waals surface area contributed by atoms with Crippen LogP contribution in [-0.2, 0) is 36.9 Å². The molecule has 0 aliphatic heterocycles. The fourth-order valence-electron chi connectivity index (χ4n) is 3.79. The second-order valence-corrected chi connectivity index (χ2v) is 9.85. The van der Waals surface area contributed by atoms with Crippen LogP contribution >= 0.6 is 0 Å². The van der Waals surface area contributed by atoms with E-state index in [0.717, 1.165) is 22.0 Å². The highest BCUT2D eigenvalue weighted by Gasteiger charge is 2.28. The number of fused-ring (bicyclic) bond motifs is 1. The summed E-state index contributed by atoms with van der Waals surface area (Å²) in [5.41, 5.74) is 1.58. The molecule has 0 aliphatic carbocycles. The third-order valence-electron chi connectivity index (χ3n) is 5.59. The summed E-state index contributed by atoms with van der Waals surface area (Å²) in [6.45, 7) is 5.04. The molecule has 0 aliphatic rings. The lowest BCUT2D eigenvalue weighted by molar-refractivity contribution is -0.148.